The van der Waals surface area contributed by atoms with Crippen LogP contribution in [0.2, 0.25) is 0 Å². The number of hydrogen-bond acceptors (Lipinski definition) is 12. The molecule has 0 radical (unpaired) electrons. The van der Waals surface area contributed by atoms with Crippen molar-refractivity contribution < 1.29 is 62.7 Å². The van der Waals surface area contributed by atoms with Crippen LogP contribution in [0.5, 0.6) is 5.75 Å². The summed E-state index contributed by atoms with van der Waals surface area (Å²) >= 11 is 0. The number of quaternary nitrogens is 1. The molecule has 0 saturated heterocycles. The highest BCUT2D eigenvalue weighted by Crippen LogP contribution is 2.66. The molecule has 3 saturated carbocycles. The predicted octanol–water partition coefficient (Wildman–Crippen LogP) is 8.05. The van der Waals surface area contributed by atoms with E-state index in [1.807, 2.05) is 32.3 Å². The lowest BCUT2D eigenvalue weighted by Gasteiger charge is -2.58. The van der Waals surface area contributed by atoms with Crippen LogP contribution in [0.25, 0.3) is 0 Å². The Hall–Kier alpha value is -3.30. The molecule has 6 rings (SSSR count). The van der Waals surface area contributed by atoms with E-state index >= 15 is 0 Å². The van der Waals surface area contributed by atoms with Gasteiger partial charge in [0.15, 0.2) is 11.6 Å². The highest BCUT2D eigenvalue weighted by molar-refractivity contribution is 7.31. The standard InChI is InChI=1S/C53H79N2O12P/c1-52-26-25-42(57)32-41(52)20-21-43-44-22-23-45(53(44,2)33-46(58)51(43)52)48(60)36-64-50(61)18-14-29-55(3,4)35-40-31-39(19-24-49(40)65-37-66-67-68(62)63)47(59)34-54(27-11-5-6-13-30-56)28-12-10-17-38-15-8-7-9-16-38/h8,15-16,19,24-26,31-32,43-47,51,56,58-59,68H,5-7,9-14,17-18,20-23,27-30,33-37H2,1-4H3/p+1/t43-,44?,45+,46-,47?,51?,52-,53-/m0/s1. The minimum absolute atomic E-state index is 0.00464. The molecule has 0 bridgehead atoms. The summed E-state index contributed by atoms with van der Waals surface area (Å²) in [5, 5.41) is 32.7. The lowest BCUT2D eigenvalue weighted by Crippen LogP contribution is -2.56. The molecule has 1 aromatic carbocycles. The van der Waals surface area contributed by atoms with Crippen LogP contribution < -0.4 is 4.74 Å². The number of carbonyl (C=O) groups is 3. The number of rotatable bonds is 28. The molecule has 5 aliphatic rings. The number of allylic oxidation sites excluding steroid dienone is 8. The van der Waals surface area contributed by atoms with Gasteiger partial charge in [-0.15, -0.1) is 4.67 Å². The van der Waals surface area contributed by atoms with Gasteiger partial charge in [0.1, 0.15) is 18.9 Å². The summed E-state index contributed by atoms with van der Waals surface area (Å²) in [5.41, 5.74) is 3.24. The maximum Gasteiger partial charge on any atom is 0.344 e. The summed E-state index contributed by atoms with van der Waals surface area (Å²) in [4.78, 5) is 55.3. The summed E-state index contributed by atoms with van der Waals surface area (Å²) in [5.74, 6) is 0.149. The highest BCUT2D eigenvalue weighted by Gasteiger charge is 2.62. The number of benzene rings is 1. The summed E-state index contributed by atoms with van der Waals surface area (Å²) in [7, 11) is 0.747. The molecule has 3 fully saturated rings. The molecule has 4 unspecified atom stereocenters. The number of aliphatic hydroxyl groups excluding tert-OH is 3. The van der Waals surface area contributed by atoms with Gasteiger partial charge in [-0.2, -0.15) is 4.89 Å². The maximum absolute atomic E-state index is 13.8. The molecule has 0 spiro atoms. The first-order valence-electron chi connectivity index (χ1n) is 25.3. The van der Waals surface area contributed by atoms with E-state index in [0.717, 1.165) is 107 Å². The average Bonchev–Trinajstić information content (AvgIpc) is 3.65. The Balaban J connectivity index is 1.02. The fourth-order valence-electron chi connectivity index (χ4n) is 12.6. The van der Waals surface area contributed by atoms with Gasteiger partial charge in [-0.05, 0) is 137 Å². The number of carbonyl (C=O) groups excluding carboxylic acids is 3. The molecular formula is C53H80N2O12P+. The van der Waals surface area contributed by atoms with Gasteiger partial charge in [-0.1, -0.05) is 68.2 Å². The topological polar surface area (TPSA) is 189 Å². The minimum atomic E-state index is -3.32. The van der Waals surface area contributed by atoms with Crippen LogP contribution in [-0.4, -0.2) is 114 Å². The fourth-order valence-corrected chi connectivity index (χ4v) is 12.7. The number of ketones is 2. The van der Waals surface area contributed by atoms with Crippen LogP contribution in [0.4, 0.5) is 0 Å². The first-order chi connectivity index (χ1) is 32.5. The molecule has 15 heteroatoms. The van der Waals surface area contributed by atoms with Gasteiger partial charge in [0.25, 0.3) is 0 Å². The number of hydrogen-bond donors (Lipinski definition) is 4. The Bertz CT molecular complexity index is 2030. The van der Waals surface area contributed by atoms with Crippen LogP contribution in [-0.2, 0) is 39.8 Å². The molecule has 378 valence electrons. The second-order valence-electron chi connectivity index (χ2n) is 21.2. The van der Waals surface area contributed by atoms with Crippen molar-refractivity contribution in [3.8, 4) is 5.75 Å². The first-order valence-corrected chi connectivity index (χ1v) is 26.6. The number of esters is 1. The quantitative estimate of drug-likeness (QED) is 0.0120. The van der Waals surface area contributed by atoms with Crippen LogP contribution in [0.1, 0.15) is 134 Å². The zero-order valence-corrected chi connectivity index (χ0v) is 42.1. The lowest BCUT2D eigenvalue weighted by molar-refractivity contribution is -0.903. The lowest BCUT2D eigenvalue weighted by atomic mass is 9.46. The van der Waals surface area contributed by atoms with Crippen molar-refractivity contribution in [1.82, 2.24) is 4.90 Å². The molecule has 0 amide bonds. The summed E-state index contributed by atoms with van der Waals surface area (Å²) in [6, 6.07) is 5.50. The Morgan fingerprint density at radius 2 is 1.78 bits per heavy atom. The fraction of sp³-hybridized carbons (Fsp3) is 0.679. The smallest absolute Gasteiger partial charge is 0.344 e. The summed E-state index contributed by atoms with van der Waals surface area (Å²) < 4.78 is 27.4. The van der Waals surface area contributed by atoms with E-state index in [4.69, 9.17) is 19.3 Å². The van der Waals surface area contributed by atoms with Gasteiger partial charge in [0.05, 0.1) is 39.3 Å². The van der Waals surface area contributed by atoms with Crippen molar-refractivity contribution in [2.24, 2.45) is 34.5 Å². The largest absolute Gasteiger partial charge is 0.464 e. The van der Waals surface area contributed by atoms with E-state index in [2.05, 4.69) is 41.6 Å². The Labute approximate surface area is 404 Å². The van der Waals surface area contributed by atoms with Crippen molar-refractivity contribution in [3.63, 3.8) is 0 Å². The molecule has 5 aliphatic carbocycles. The van der Waals surface area contributed by atoms with Crippen LogP contribution in [0.15, 0.2) is 65.8 Å². The van der Waals surface area contributed by atoms with Gasteiger partial charge >= 0.3 is 14.2 Å². The number of nitrogens with zero attached hydrogens (tertiary/aromatic N) is 2. The minimum Gasteiger partial charge on any atom is -0.464 e. The predicted molar refractivity (Wildman–Crippen MR) is 260 cm³/mol. The van der Waals surface area contributed by atoms with E-state index in [0.29, 0.717) is 49.1 Å². The van der Waals surface area contributed by atoms with Crippen molar-refractivity contribution in [2.45, 2.75) is 135 Å². The molecular weight excluding hydrogens is 888 g/mol. The SMILES string of the molecule is C[C@]12C=CC(=O)C=C1CC[C@@H]1C2[C@@H](O)C[C@@]2(C)C1CC[C@@H]2C(=O)COC(=O)CCC[N+](C)(C)Cc1cc(C(O)CN(CCCCCCO)CCCCC2=CCCC=C2)ccc1OCOO[PH](=O)O. The molecule has 68 heavy (non-hydrogen) atoms. The third-order valence-electron chi connectivity index (χ3n) is 15.9. The van der Waals surface area contributed by atoms with E-state index in [1.54, 1.807) is 18.2 Å². The van der Waals surface area contributed by atoms with E-state index in [-0.39, 0.29) is 60.3 Å². The first kappa shape index (κ1) is 54.0. The number of ether oxygens (including phenoxy) is 2. The summed E-state index contributed by atoms with van der Waals surface area (Å²) in [6.07, 6.45) is 24.3. The van der Waals surface area contributed by atoms with Crippen molar-refractivity contribution >= 4 is 25.8 Å². The van der Waals surface area contributed by atoms with E-state index in [9.17, 15) is 34.3 Å². The zero-order valence-electron chi connectivity index (χ0n) is 41.1. The summed E-state index contributed by atoms with van der Waals surface area (Å²) in [6.45, 7) is 6.98. The van der Waals surface area contributed by atoms with Crippen LogP contribution in [0, 0.1) is 34.5 Å². The number of fused-ring (bicyclic) bond motifs is 5. The second kappa shape index (κ2) is 25.2. The molecule has 1 aromatic rings. The van der Waals surface area contributed by atoms with Crippen molar-refractivity contribution in [1.29, 1.82) is 0 Å². The monoisotopic (exact) mass is 968 g/mol. The van der Waals surface area contributed by atoms with Gasteiger partial charge in [-0.25, -0.2) is 0 Å². The molecule has 0 aromatic heterocycles. The van der Waals surface area contributed by atoms with Crippen molar-refractivity contribution in [2.75, 3.05) is 60.3 Å². The Morgan fingerprint density at radius 1 is 1.00 bits per heavy atom. The Kier molecular flexibility index (Phi) is 20.0. The van der Waals surface area contributed by atoms with Gasteiger partial charge in [-0.3, -0.25) is 18.9 Å². The second-order valence-corrected chi connectivity index (χ2v) is 21.9. The van der Waals surface area contributed by atoms with Gasteiger partial charge in [0, 0.05) is 42.4 Å². The zero-order chi connectivity index (χ0) is 48.9. The van der Waals surface area contributed by atoms with E-state index < -0.39 is 38.6 Å². The number of unbranched alkanes of at least 4 members (excludes halogenated alkanes) is 4. The normalized spacial score (nSPS) is 27.5. The molecule has 9 atom stereocenters. The van der Waals surface area contributed by atoms with Crippen molar-refractivity contribution in [3.05, 3.63) is 76.9 Å². The van der Waals surface area contributed by atoms with E-state index in [1.165, 1.54) is 5.57 Å². The van der Waals surface area contributed by atoms with Crippen LogP contribution in [0.3, 0.4) is 0 Å². The third-order valence-corrected chi connectivity index (χ3v) is 16.2. The molecule has 0 aliphatic heterocycles. The maximum atomic E-state index is 13.8. The third kappa shape index (κ3) is 14.4. The average molecular weight is 968 g/mol. The molecule has 14 nitrogen and oxygen atoms in total. The Morgan fingerprint density at radius 3 is 2.53 bits per heavy atom. The highest BCUT2D eigenvalue weighted by atomic mass is 31.1. The van der Waals surface area contributed by atoms with Crippen LogP contribution >= 0.6 is 8.25 Å². The molecule has 0 heterocycles. The molecule has 4 N–H and O–H groups in total. The van der Waals surface area contributed by atoms with Gasteiger partial charge < -0.3 is 39.1 Å². The number of aliphatic hydroxyl groups is 3. The van der Waals surface area contributed by atoms with Gasteiger partial charge in [0.2, 0.25) is 6.79 Å². The number of Topliss-reactive ketones (excluding diaryl/α,β-unsaturated/α-hetero) is 1.